The molecule has 0 amide bonds. The van der Waals surface area contributed by atoms with Crippen LogP contribution >= 0.6 is 0 Å². The lowest BCUT2D eigenvalue weighted by Crippen LogP contribution is -2.20. The van der Waals surface area contributed by atoms with Crippen molar-refractivity contribution in [3.05, 3.63) is 83.4 Å². The van der Waals surface area contributed by atoms with Crippen LogP contribution in [0, 0.1) is 0 Å². The molecule has 0 unspecified atom stereocenters. The largest absolute Gasteiger partial charge is 0.390 e. The normalized spacial score (nSPS) is 11.4. The van der Waals surface area contributed by atoms with E-state index in [1.165, 1.54) is 0 Å². The maximum Gasteiger partial charge on any atom is 0.333 e. The molecule has 4 aromatic heterocycles. The summed E-state index contributed by atoms with van der Waals surface area (Å²) in [6.45, 7) is -0.0933. The Bertz CT molecular complexity index is 1400. The van der Waals surface area contributed by atoms with Crippen molar-refractivity contribution in [2.24, 2.45) is 7.05 Å². The molecule has 7 heteroatoms. The molecule has 5 aromatic rings. The Morgan fingerprint density at radius 1 is 1.00 bits per heavy atom. The standard InChI is InChI=1S/C22H17N5O2/c1-26-20-12-25-19-7-5-14(15-4-6-16(13-28)24-10-15)9-18(19)21(20)27(22(26)29)17-3-2-8-23-11-17/h2-12,28H,13H2,1H3. The minimum atomic E-state index is -0.151. The molecular formula is C22H17N5O2. The molecule has 0 aliphatic rings. The molecule has 0 aliphatic heterocycles. The van der Waals surface area contributed by atoms with Gasteiger partial charge in [-0.3, -0.25) is 24.1 Å². The molecule has 0 atom stereocenters. The molecule has 0 fully saturated rings. The summed E-state index contributed by atoms with van der Waals surface area (Å²) < 4.78 is 3.27. The second-order valence-electron chi connectivity index (χ2n) is 6.81. The summed E-state index contributed by atoms with van der Waals surface area (Å²) in [5, 5.41) is 10.1. The topological polar surface area (TPSA) is 85.8 Å². The Hall–Kier alpha value is -3.84. The van der Waals surface area contributed by atoms with Gasteiger partial charge in [0.15, 0.2) is 0 Å². The van der Waals surface area contributed by atoms with Crippen molar-refractivity contribution in [1.82, 2.24) is 24.1 Å². The van der Waals surface area contributed by atoms with Gasteiger partial charge in [-0.2, -0.15) is 0 Å². The fourth-order valence-corrected chi connectivity index (χ4v) is 3.59. The highest BCUT2D eigenvalue weighted by Gasteiger charge is 2.16. The number of rotatable bonds is 3. The van der Waals surface area contributed by atoms with Gasteiger partial charge >= 0.3 is 5.69 Å². The summed E-state index contributed by atoms with van der Waals surface area (Å²) in [5.41, 5.74) is 5.38. The molecule has 7 nitrogen and oxygen atoms in total. The average molecular weight is 383 g/mol. The summed E-state index contributed by atoms with van der Waals surface area (Å²) in [6, 6.07) is 13.3. The van der Waals surface area contributed by atoms with Crippen LogP contribution in [0.2, 0.25) is 0 Å². The maximum atomic E-state index is 13.0. The van der Waals surface area contributed by atoms with Gasteiger partial charge in [0.1, 0.15) is 0 Å². The predicted molar refractivity (Wildman–Crippen MR) is 111 cm³/mol. The van der Waals surface area contributed by atoms with Crippen molar-refractivity contribution in [1.29, 1.82) is 0 Å². The molecule has 5 rings (SSSR count). The lowest BCUT2D eigenvalue weighted by atomic mass is 10.0. The molecule has 1 aromatic carbocycles. The predicted octanol–water partition coefficient (Wildman–Crippen LogP) is 2.83. The fourth-order valence-electron chi connectivity index (χ4n) is 3.59. The van der Waals surface area contributed by atoms with Crippen LogP contribution in [0.1, 0.15) is 5.69 Å². The zero-order valence-electron chi connectivity index (χ0n) is 15.6. The first kappa shape index (κ1) is 17.3. The van der Waals surface area contributed by atoms with E-state index in [0.29, 0.717) is 11.4 Å². The number of hydrogen-bond acceptors (Lipinski definition) is 5. The van der Waals surface area contributed by atoms with Gasteiger partial charge in [-0.1, -0.05) is 12.1 Å². The van der Waals surface area contributed by atoms with Crippen LogP contribution in [0.5, 0.6) is 0 Å². The Morgan fingerprint density at radius 2 is 1.86 bits per heavy atom. The van der Waals surface area contributed by atoms with Crippen molar-refractivity contribution in [2.45, 2.75) is 6.61 Å². The zero-order valence-corrected chi connectivity index (χ0v) is 15.6. The summed E-state index contributed by atoms with van der Waals surface area (Å²) in [4.78, 5) is 26.0. The quantitative estimate of drug-likeness (QED) is 0.518. The van der Waals surface area contributed by atoms with Gasteiger partial charge < -0.3 is 5.11 Å². The smallest absolute Gasteiger partial charge is 0.333 e. The Labute approximate surface area is 165 Å². The van der Waals surface area contributed by atoms with Gasteiger partial charge in [-0.05, 0) is 35.9 Å². The second kappa shape index (κ2) is 6.65. The summed E-state index contributed by atoms with van der Waals surface area (Å²) in [7, 11) is 1.74. The Kier molecular flexibility index (Phi) is 3.96. The van der Waals surface area contributed by atoms with Gasteiger partial charge in [0.2, 0.25) is 0 Å². The van der Waals surface area contributed by atoms with Crippen molar-refractivity contribution >= 4 is 21.9 Å². The van der Waals surface area contributed by atoms with E-state index in [1.54, 1.807) is 47.0 Å². The fraction of sp³-hybridized carbons (Fsp3) is 0.0909. The van der Waals surface area contributed by atoms with Gasteiger partial charge in [0, 0.05) is 30.4 Å². The molecule has 142 valence electrons. The van der Waals surface area contributed by atoms with Crippen LogP contribution in [0.3, 0.4) is 0 Å². The molecule has 0 radical (unpaired) electrons. The van der Waals surface area contributed by atoms with Crippen LogP contribution < -0.4 is 5.69 Å². The van der Waals surface area contributed by atoms with Crippen LogP contribution in [-0.4, -0.2) is 29.2 Å². The third-order valence-electron chi connectivity index (χ3n) is 5.11. The van der Waals surface area contributed by atoms with E-state index in [4.69, 9.17) is 0 Å². The lowest BCUT2D eigenvalue weighted by Gasteiger charge is -2.08. The minimum absolute atomic E-state index is 0.0933. The van der Waals surface area contributed by atoms with Gasteiger partial charge in [-0.15, -0.1) is 0 Å². The van der Waals surface area contributed by atoms with Crippen LogP contribution in [0.25, 0.3) is 38.8 Å². The highest BCUT2D eigenvalue weighted by atomic mass is 16.3. The molecule has 1 N–H and O–H groups in total. The van der Waals surface area contributed by atoms with Crippen molar-refractivity contribution in [3.8, 4) is 16.8 Å². The van der Waals surface area contributed by atoms with Crippen LogP contribution in [0.4, 0.5) is 0 Å². The number of imidazole rings is 1. The molecule has 29 heavy (non-hydrogen) atoms. The van der Waals surface area contributed by atoms with E-state index in [2.05, 4.69) is 15.0 Å². The average Bonchev–Trinajstić information content (AvgIpc) is 3.04. The number of aliphatic hydroxyl groups is 1. The van der Waals surface area contributed by atoms with E-state index >= 15 is 0 Å². The summed E-state index contributed by atoms with van der Waals surface area (Å²) in [5.74, 6) is 0. The Balaban J connectivity index is 1.83. The van der Waals surface area contributed by atoms with E-state index in [-0.39, 0.29) is 12.3 Å². The number of aromatic nitrogens is 5. The van der Waals surface area contributed by atoms with E-state index < -0.39 is 0 Å². The number of aryl methyl sites for hydroxylation is 1. The first-order valence-corrected chi connectivity index (χ1v) is 9.14. The molecule has 0 saturated carbocycles. The highest BCUT2D eigenvalue weighted by Crippen LogP contribution is 2.29. The minimum Gasteiger partial charge on any atom is -0.390 e. The Morgan fingerprint density at radius 3 is 2.59 bits per heavy atom. The monoisotopic (exact) mass is 383 g/mol. The maximum absolute atomic E-state index is 13.0. The molecular weight excluding hydrogens is 366 g/mol. The number of fused-ring (bicyclic) bond motifs is 3. The third-order valence-corrected chi connectivity index (χ3v) is 5.11. The summed E-state index contributed by atoms with van der Waals surface area (Å²) >= 11 is 0. The van der Waals surface area contributed by atoms with E-state index in [9.17, 15) is 9.90 Å². The van der Waals surface area contributed by atoms with Crippen LogP contribution in [-0.2, 0) is 13.7 Å². The molecule has 0 bridgehead atoms. The number of pyridine rings is 3. The highest BCUT2D eigenvalue weighted by molar-refractivity contribution is 6.04. The molecule has 0 aliphatic carbocycles. The number of benzene rings is 1. The molecule has 4 heterocycles. The molecule has 0 spiro atoms. The number of hydrogen-bond donors (Lipinski definition) is 1. The van der Waals surface area contributed by atoms with Crippen molar-refractivity contribution in [3.63, 3.8) is 0 Å². The number of aliphatic hydroxyl groups excluding tert-OH is 1. The molecule has 0 saturated heterocycles. The first-order chi connectivity index (χ1) is 14.2. The van der Waals surface area contributed by atoms with E-state index in [0.717, 1.165) is 33.1 Å². The van der Waals surface area contributed by atoms with Crippen molar-refractivity contribution < 1.29 is 5.11 Å². The number of nitrogens with zero attached hydrogens (tertiary/aromatic N) is 5. The first-order valence-electron chi connectivity index (χ1n) is 9.14. The lowest BCUT2D eigenvalue weighted by molar-refractivity contribution is 0.277. The second-order valence-corrected chi connectivity index (χ2v) is 6.81. The van der Waals surface area contributed by atoms with Gasteiger partial charge in [0.25, 0.3) is 0 Å². The van der Waals surface area contributed by atoms with Crippen molar-refractivity contribution in [2.75, 3.05) is 0 Å². The van der Waals surface area contributed by atoms with Gasteiger partial charge in [0.05, 0.1) is 46.9 Å². The summed E-state index contributed by atoms with van der Waals surface area (Å²) in [6.07, 6.45) is 6.82. The zero-order chi connectivity index (χ0) is 20.0. The van der Waals surface area contributed by atoms with Gasteiger partial charge in [-0.25, -0.2) is 4.79 Å². The van der Waals surface area contributed by atoms with Crippen LogP contribution in [0.15, 0.2) is 72.0 Å². The van der Waals surface area contributed by atoms with E-state index in [1.807, 2.05) is 36.4 Å². The third kappa shape index (κ3) is 2.71. The SMILES string of the molecule is Cn1c(=O)n(-c2cccnc2)c2c3cc(-c4ccc(CO)nc4)ccc3ncc21.